The zero-order valence-corrected chi connectivity index (χ0v) is 9.27. The van der Waals surface area contributed by atoms with E-state index in [4.69, 9.17) is 0 Å². The number of rotatable bonds is 4. The van der Waals surface area contributed by atoms with Gasteiger partial charge in [0, 0.05) is 5.75 Å². The van der Waals surface area contributed by atoms with Crippen LogP contribution in [-0.4, -0.2) is 27.0 Å². The number of nitro benzene ring substituents is 1. The highest BCUT2D eigenvalue weighted by Crippen LogP contribution is 2.27. The first kappa shape index (κ1) is 13.8. The number of aliphatic hydroxyl groups is 2. The molecule has 17 heavy (non-hydrogen) atoms. The van der Waals surface area contributed by atoms with Crippen molar-refractivity contribution in [2.75, 3.05) is 5.75 Å². The Labute approximate surface area is 100 Å². The van der Waals surface area contributed by atoms with Gasteiger partial charge in [0.25, 0.3) is 0 Å². The summed E-state index contributed by atoms with van der Waals surface area (Å²) in [5, 5.41) is 29.0. The van der Waals surface area contributed by atoms with Crippen LogP contribution in [-0.2, 0) is 0 Å². The normalized spacial score (nSPS) is 14.4. The van der Waals surface area contributed by atoms with Crippen LogP contribution in [0.2, 0.25) is 0 Å². The first-order chi connectivity index (χ1) is 7.88. The predicted molar refractivity (Wildman–Crippen MR) is 57.8 cm³/mol. The summed E-state index contributed by atoms with van der Waals surface area (Å²) in [6.07, 6.45) is -2.88. The molecule has 0 amide bonds. The molecule has 1 rings (SSSR count). The molecule has 1 aromatic rings. The van der Waals surface area contributed by atoms with Crippen LogP contribution in [0.4, 0.5) is 14.5 Å². The number of nitrogens with zero attached hydrogens (tertiary/aromatic N) is 1. The van der Waals surface area contributed by atoms with E-state index in [2.05, 4.69) is 12.6 Å². The second-order valence-electron chi connectivity index (χ2n) is 3.29. The lowest BCUT2D eigenvalue weighted by atomic mass is 10.0. The molecule has 94 valence electrons. The van der Waals surface area contributed by atoms with Crippen molar-refractivity contribution >= 4 is 18.3 Å². The van der Waals surface area contributed by atoms with Crippen LogP contribution in [0.15, 0.2) is 12.1 Å². The molecule has 0 aromatic heterocycles. The molecule has 0 saturated heterocycles. The Morgan fingerprint density at radius 1 is 1.35 bits per heavy atom. The highest BCUT2D eigenvalue weighted by Gasteiger charge is 2.26. The van der Waals surface area contributed by atoms with Gasteiger partial charge in [-0.05, 0) is 17.7 Å². The Morgan fingerprint density at radius 3 is 2.18 bits per heavy atom. The van der Waals surface area contributed by atoms with E-state index < -0.39 is 34.5 Å². The molecule has 0 aliphatic heterocycles. The second kappa shape index (κ2) is 5.39. The van der Waals surface area contributed by atoms with Crippen molar-refractivity contribution in [1.82, 2.24) is 0 Å². The van der Waals surface area contributed by atoms with Crippen LogP contribution in [0.3, 0.4) is 0 Å². The lowest BCUT2D eigenvalue weighted by molar-refractivity contribution is -0.390. The van der Waals surface area contributed by atoms with Crippen molar-refractivity contribution in [2.24, 2.45) is 0 Å². The van der Waals surface area contributed by atoms with E-state index in [9.17, 15) is 29.1 Å². The molecule has 0 spiro atoms. The van der Waals surface area contributed by atoms with Gasteiger partial charge in [-0.3, -0.25) is 10.1 Å². The van der Waals surface area contributed by atoms with Crippen LogP contribution in [0.25, 0.3) is 0 Å². The largest absolute Gasteiger partial charge is 0.389 e. The zero-order chi connectivity index (χ0) is 13.2. The number of thiol groups is 1. The third kappa shape index (κ3) is 2.90. The fraction of sp³-hybridized carbons (Fsp3) is 0.333. The SMILES string of the molecule is O=[N+]([O-])c1c(F)cc(C(O)C(O)CS)cc1F. The molecular weight excluding hydrogens is 256 g/mol. The minimum absolute atomic E-state index is 0.124. The van der Waals surface area contributed by atoms with Crippen LogP contribution in [0, 0.1) is 21.7 Å². The van der Waals surface area contributed by atoms with Gasteiger partial charge in [-0.1, -0.05) is 0 Å². The smallest absolute Gasteiger partial charge is 0.340 e. The minimum atomic E-state index is -1.56. The van der Waals surface area contributed by atoms with Crippen molar-refractivity contribution in [3.8, 4) is 0 Å². The Balaban J connectivity index is 3.19. The summed E-state index contributed by atoms with van der Waals surface area (Å²) >= 11 is 3.70. The Bertz CT molecular complexity index is 420. The average molecular weight is 265 g/mol. The Morgan fingerprint density at radius 2 is 1.82 bits per heavy atom. The van der Waals surface area contributed by atoms with Crippen molar-refractivity contribution in [3.05, 3.63) is 39.4 Å². The molecule has 0 saturated carbocycles. The first-order valence-corrected chi connectivity index (χ1v) is 5.12. The molecule has 0 fully saturated rings. The zero-order valence-electron chi connectivity index (χ0n) is 8.38. The van der Waals surface area contributed by atoms with E-state index in [1.54, 1.807) is 0 Å². The van der Waals surface area contributed by atoms with E-state index in [0.29, 0.717) is 12.1 Å². The van der Waals surface area contributed by atoms with Crippen molar-refractivity contribution in [1.29, 1.82) is 0 Å². The van der Waals surface area contributed by atoms with E-state index in [1.807, 2.05) is 0 Å². The summed E-state index contributed by atoms with van der Waals surface area (Å²) in [5.74, 6) is -2.94. The van der Waals surface area contributed by atoms with Crippen LogP contribution < -0.4 is 0 Å². The highest BCUT2D eigenvalue weighted by molar-refractivity contribution is 7.80. The van der Waals surface area contributed by atoms with Gasteiger partial charge < -0.3 is 10.2 Å². The summed E-state index contributed by atoms with van der Waals surface area (Å²) in [5.41, 5.74) is -1.58. The molecule has 2 atom stereocenters. The quantitative estimate of drug-likeness (QED) is 0.434. The molecule has 5 nitrogen and oxygen atoms in total. The van der Waals surface area contributed by atoms with Gasteiger partial charge in [0.1, 0.15) is 6.10 Å². The summed E-state index contributed by atoms with van der Waals surface area (Å²) in [6, 6.07) is 1.22. The van der Waals surface area contributed by atoms with Crippen molar-refractivity contribution in [2.45, 2.75) is 12.2 Å². The molecule has 0 aliphatic rings. The topological polar surface area (TPSA) is 83.6 Å². The number of hydrogen-bond acceptors (Lipinski definition) is 5. The van der Waals surface area contributed by atoms with E-state index in [-0.39, 0.29) is 11.3 Å². The van der Waals surface area contributed by atoms with E-state index in [1.165, 1.54) is 0 Å². The highest BCUT2D eigenvalue weighted by atomic mass is 32.1. The summed E-state index contributed by atoms with van der Waals surface area (Å²) in [6.45, 7) is 0. The average Bonchev–Trinajstić information content (AvgIpc) is 2.25. The van der Waals surface area contributed by atoms with Gasteiger partial charge in [0.2, 0.25) is 11.6 Å². The Hall–Kier alpha value is -1.25. The molecular formula is C9H9F2NO4S. The van der Waals surface area contributed by atoms with Crippen molar-refractivity contribution < 1.29 is 23.9 Å². The third-order valence-electron chi connectivity index (χ3n) is 2.11. The minimum Gasteiger partial charge on any atom is -0.389 e. The van der Waals surface area contributed by atoms with E-state index in [0.717, 1.165) is 0 Å². The van der Waals surface area contributed by atoms with E-state index >= 15 is 0 Å². The maximum absolute atomic E-state index is 13.2. The number of benzene rings is 1. The molecule has 0 radical (unpaired) electrons. The van der Waals surface area contributed by atoms with Gasteiger partial charge in [-0.15, -0.1) is 0 Å². The molecule has 2 N–H and O–H groups in total. The molecule has 8 heteroatoms. The summed E-state index contributed by atoms with van der Waals surface area (Å²) in [4.78, 5) is 9.12. The third-order valence-corrected chi connectivity index (χ3v) is 2.49. The molecule has 0 bridgehead atoms. The molecule has 2 unspecified atom stereocenters. The Kier molecular flexibility index (Phi) is 4.38. The number of nitro groups is 1. The number of aliphatic hydroxyl groups excluding tert-OH is 2. The second-order valence-corrected chi connectivity index (χ2v) is 3.65. The fourth-order valence-electron chi connectivity index (χ4n) is 1.25. The first-order valence-electron chi connectivity index (χ1n) is 4.48. The van der Waals surface area contributed by atoms with Crippen LogP contribution in [0.1, 0.15) is 11.7 Å². The van der Waals surface area contributed by atoms with Gasteiger partial charge in [0.15, 0.2) is 0 Å². The monoisotopic (exact) mass is 265 g/mol. The lowest BCUT2D eigenvalue weighted by Gasteiger charge is -2.16. The molecule has 0 heterocycles. The maximum atomic E-state index is 13.2. The summed E-state index contributed by atoms with van der Waals surface area (Å²) < 4.78 is 26.4. The molecule has 0 aliphatic carbocycles. The molecule has 1 aromatic carbocycles. The van der Waals surface area contributed by atoms with Crippen molar-refractivity contribution in [3.63, 3.8) is 0 Å². The maximum Gasteiger partial charge on any atom is 0.340 e. The van der Waals surface area contributed by atoms with Crippen LogP contribution in [0.5, 0.6) is 0 Å². The predicted octanol–water partition coefficient (Wildman–Crippen LogP) is 1.20. The number of hydrogen-bond donors (Lipinski definition) is 3. The van der Waals surface area contributed by atoms with Gasteiger partial charge in [0.05, 0.1) is 11.0 Å². The standard InChI is InChI=1S/C9H9F2NO4S/c10-5-1-4(9(14)7(13)3-17)2-6(11)8(5)12(15)16/h1-2,7,9,13-14,17H,3H2. The number of halogens is 2. The van der Waals surface area contributed by atoms with Gasteiger partial charge in [-0.25, -0.2) is 0 Å². The van der Waals surface area contributed by atoms with Crippen LogP contribution >= 0.6 is 12.6 Å². The lowest BCUT2D eigenvalue weighted by Crippen LogP contribution is -2.20. The van der Waals surface area contributed by atoms with Gasteiger partial charge in [-0.2, -0.15) is 21.4 Å². The fourth-order valence-corrected chi connectivity index (χ4v) is 1.45. The van der Waals surface area contributed by atoms with Gasteiger partial charge >= 0.3 is 5.69 Å². The summed E-state index contributed by atoms with van der Waals surface area (Å²) in [7, 11) is 0.